The molecule has 3 heteroatoms. The summed E-state index contributed by atoms with van der Waals surface area (Å²) in [5.41, 5.74) is 7.40. The van der Waals surface area contributed by atoms with Gasteiger partial charge in [0.2, 0.25) is 0 Å². The van der Waals surface area contributed by atoms with Crippen LogP contribution in [-0.2, 0) is 0 Å². The van der Waals surface area contributed by atoms with Crippen LogP contribution in [0.15, 0.2) is 18.5 Å². The highest BCUT2D eigenvalue weighted by atomic mass is 16.5. The Labute approximate surface area is 97.0 Å². The first kappa shape index (κ1) is 11.4. The lowest BCUT2D eigenvalue weighted by atomic mass is 9.82. The van der Waals surface area contributed by atoms with Gasteiger partial charge in [0, 0.05) is 12.2 Å². The molecule has 1 aliphatic carbocycles. The number of ether oxygens (including phenoxy) is 1. The molecular weight excluding hydrogens is 200 g/mol. The van der Waals surface area contributed by atoms with Gasteiger partial charge < -0.3 is 10.5 Å². The summed E-state index contributed by atoms with van der Waals surface area (Å²) >= 11 is 0. The van der Waals surface area contributed by atoms with Gasteiger partial charge in [-0.15, -0.1) is 0 Å². The molecule has 0 spiro atoms. The van der Waals surface area contributed by atoms with Gasteiger partial charge in [-0.2, -0.15) is 0 Å². The normalized spacial score (nSPS) is 19.4. The van der Waals surface area contributed by atoms with Crippen LogP contribution in [0, 0.1) is 5.92 Å². The third kappa shape index (κ3) is 2.53. The molecule has 0 bridgehead atoms. The molecule has 0 saturated heterocycles. The van der Waals surface area contributed by atoms with Gasteiger partial charge in [-0.3, -0.25) is 4.98 Å². The Morgan fingerprint density at radius 1 is 1.31 bits per heavy atom. The van der Waals surface area contributed by atoms with Crippen LogP contribution in [0.4, 0.5) is 0 Å². The van der Waals surface area contributed by atoms with E-state index in [1.807, 2.05) is 12.3 Å². The van der Waals surface area contributed by atoms with E-state index in [1.165, 1.54) is 32.1 Å². The Kier molecular flexibility index (Phi) is 3.78. The molecule has 1 aliphatic rings. The molecule has 3 nitrogen and oxygen atoms in total. The molecule has 0 radical (unpaired) electrons. The molecule has 88 valence electrons. The van der Waals surface area contributed by atoms with Gasteiger partial charge in [0.1, 0.15) is 5.75 Å². The zero-order chi connectivity index (χ0) is 11.4. The summed E-state index contributed by atoms with van der Waals surface area (Å²) < 4.78 is 5.17. The summed E-state index contributed by atoms with van der Waals surface area (Å²) in [4.78, 5) is 4.17. The van der Waals surface area contributed by atoms with Gasteiger partial charge in [0.05, 0.1) is 13.3 Å². The van der Waals surface area contributed by atoms with E-state index in [2.05, 4.69) is 4.98 Å². The predicted octanol–water partition coefficient (Wildman–Crippen LogP) is 2.67. The first-order chi connectivity index (χ1) is 7.81. The minimum Gasteiger partial charge on any atom is -0.495 e. The Bertz CT molecular complexity index is 334. The van der Waals surface area contributed by atoms with Crippen molar-refractivity contribution in [2.45, 2.75) is 38.1 Å². The molecule has 1 saturated carbocycles. The van der Waals surface area contributed by atoms with Crippen molar-refractivity contribution in [1.82, 2.24) is 4.98 Å². The van der Waals surface area contributed by atoms with Gasteiger partial charge in [-0.05, 0) is 30.4 Å². The van der Waals surface area contributed by atoms with Crippen LogP contribution < -0.4 is 10.5 Å². The first-order valence-corrected chi connectivity index (χ1v) is 6.06. The van der Waals surface area contributed by atoms with Crippen LogP contribution in [-0.4, -0.2) is 12.1 Å². The van der Waals surface area contributed by atoms with E-state index in [1.54, 1.807) is 13.3 Å². The maximum absolute atomic E-state index is 6.30. The maximum atomic E-state index is 6.30. The summed E-state index contributed by atoms with van der Waals surface area (Å²) in [6.07, 6.45) is 10.1. The van der Waals surface area contributed by atoms with E-state index in [9.17, 15) is 0 Å². The van der Waals surface area contributed by atoms with Crippen LogP contribution >= 0.6 is 0 Å². The number of aromatic nitrogens is 1. The fraction of sp³-hybridized carbons (Fsp3) is 0.615. The van der Waals surface area contributed by atoms with E-state index in [-0.39, 0.29) is 6.04 Å². The maximum Gasteiger partial charge on any atom is 0.137 e. The fourth-order valence-electron chi connectivity index (χ4n) is 2.49. The molecule has 1 atom stereocenters. The number of hydrogen-bond acceptors (Lipinski definition) is 3. The van der Waals surface area contributed by atoms with Crippen molar-refractivity contribution in [3.05, 3.63) is 24.0 Å². The third-order valence-corrected chi connectivity index (χ3v) is 3.51. The highest BCUT2D eigenvalue weighted by molar-refractivity contribution is 5.26. The lowest BCUT2D eigenvalue weighted by Gasteiger charge is -2.27. The third-order valence-electron chi connectivity index (χ3n) is 3.51. The number of methoxy groups -OCH3 is 1. The molecule has 16 heavy (non-hydrogen) atoms. The molecule has 2 N–H and O–H groups in total. The lowest BCUT2D eigenvalue weighted by molar-refractivity contribution is 0.307. The number of nitrogens with zero attached hydrogens (tertiary/aromatic N) is 1. The number of hydrogen-bond donors (Lipinski definition) is 1. The van der Waals surface area contributed by atoms with Crippen LogP contribution in [0.5, 0.6) is 5.75 Å². The molecule has 0 amide bonds. The molecule has 1 unspecified atom stereocenters. The van der Waals surface area contributed by atoms with Crippen molar-refractivity contribution in [3.63, 3.8) is 0 Å². The standard InChI is InChI=1S/C13H20N2O/c1-16-12-7-11(8-15-9-12)13(14)10-5-3-2-4-6-10/h7-10,13H,2-6,14H2,1H3. The lowest BCUT2D eigenvalue weighted by Crippen LogP contribution is -2.23. The van der Waals surface area contributed by atoms with Crippen molar-refractivity contribution >= 4 is 0 Å². The van der Waals surface area contributed by atoms with Crippen LogP contribution in [0.3, 0.4) is 0 Å². The van der Waals surface area contributed by atoms with Gasteiger partial charge in [-0.1, -0.05) is 19.3 Å². The summed E-state index contributed by atoms with van der Waals surface area (Å²) in [5, 5.41) is 0. The van der Waals surface area contributed by atoms with Crippen LogP contribution in [0.2, 0.25) is 0 Å². The van der Waals surface area contributed by atoms with Crippen molar-refractivity contribution in [2.24, 2.45) is 11.7 Å². The summed E-state index contributed by atoms with van der Waals surface area (Å²) in [6.45, 7) is 0. The van der Waals surface area contributed by atoms with Crippen LogP contribution in [0.25, 0.3) is 0 Å². The van der Waals surface area contributed by atoms with Crippen molar-refractivity contribution in [3.8, 4) is 5.75 Å². The number of rotatable bonds is 3. The summed E-state index contributed by atoms with van der Waals surface area (Å²) in [5.74, 6) is 1.41. The monoisotopic (exact) mass is 220 g/mol. The predicted molar refractivity (Wildman–Crippen MR) is 64.3 cm³/mol. The number of pyridine rings is 1. The highest BCUT2D eigenvalue weighted by Gasteiger charge is 2.22. The van der Waals surface area contributed by atoms with Gasteiger partial charge >= 0.3 is 0 Å². The van der Waals surface area contributed by atoms with Crippen LogP contribution in [0.1, 0.15) is 43.7 Å². The SMILES string of the molecule is COc1cncc(C(N)C2CCCCC2)c1. The molecule has 1 aromatic heterocycles. The molecule has 1 fully saturated rings. The molecular formula is C13H20N2O. The Hall–Kier alpha value is -1.09. The quantitative estimate of drug-likeness (QED) is 0.852. The average Bonchev–Trinajstić information content (AvgIpc) is 2.39. The Balaban J connectivity index is 2.09. The van der Waals surface area contributed by atoms with E-state index >= 15 is 0 Å². The second kappa shape index (κ2) is 5.30. The summed E-state index contributed by atoms with van der Waals surface area (Å²) in [7, 11) is 1.66. The Morgan fingerprint density at radius 3 is 2.75 bits per heavy atom. The minimum atomic E-state index is 0.114. The summed E-state index contributed by atoms with van der Waals surface area (Å²) in [6, 6.07) is 2.12. The van der Waals surface area contributed by atoms with Crippen molar-refractivity contribution in [1.29, 1.82) is 0 Å². The van der Waals surface area contributed by atoms with E-state index in [0.717, 1.165) is 11.3 Å². The van der Waals surface area contributed by atoms with Gasteiger partial charge in [0.15, 0.2) is 0 Å². The zero-order valence-electron chi connectivity index (χ0n) is 9.86. The molecule has 2 rings (SSSR count). The van der Waals surface area contributed by atoms with E-state index < -0.39 is 0 Å². The Morgan fingerprint density at radius 2 is 2.06 bits per heavy atom. The smallest absolute Gasteiger partial charge is 0.137 e. The topological polar surface area (TPSA) is 48.1 Å². The molecule has 1 aromatic rings. The second-order valence-corrected chi connectivity index (χ2v) is 4.58. The minimum absolute atomic E-state index is 0.114. The molecule has 0 aliphatic heterocycles. The van der Waals surface area contributed by atoms with Crippen molar-refractivity contribution < 1.29 is 4.74 Å². The largest absolute Gasteiger partial charge is 0.495 e. The van der Waals surface area contributed by atoms with E-state index in [4.69, 9.17) is 10.5 Å². The molecule has 0 aromatic carbocycles. The average molecular weight is 220 g/mol. The van der Waals surface area contributed by atoms with Gasteiger partial charge in [-0.25, -0.2) is 0 Å². The molecule has 1 heterocycles. The van der Waals surface area contributed by atoms with Gasteiger partial charge in [0.25, 0.3) is 0 Å². The fourth-order valence-corrected chi connectivity index (χ4v) is 2.49. The first-order valence-electron chi connectivity index (χ1n) is 6.06. The van der Waals surface area contributed by atoms with E-state index in [0.29, 0.717) is 5.92 Å². The zero-order valence-corrected chi connectivity index (χ0v) is 9.86. The number of nitrogens with two attached hydrogens (primary N) is 1. The van der Waals surface area contributed by atoms with Crippen molar-refractivity contribution in [2.75, 3.05) is 7.11 Å². The second-order valence-electron chi connectivity index (χ2n) is 4.58. The highest BCUT2D eigenvalue weighted by Crippen LogP contribution is 2.33.